The zero-order chi connectivity index (χ0) is 14.4. The second-order valence-corrected chi connectivity index (χ2v) is 6.11. The molecular weight excluding hydrogens is 256 g/mol. The van der Waals surface area contributed by atoms with Crippen LogP contribution in [0.5, 0.6) is 0 Å². The minimum absolute atomic E-state index is 0.410. The Kier molecular flexibility index (Phi) is 2.86. The van der Waals surface area contributed by atoms with Crippen LogP contribution < -0.4 is 0 Å². The maximum atomic E-state index is 3.69. The highest BCUT2D eigenvalue weighted by molar-refractivity contribution is 5.85. The maximum absolute atomic E-state index is 3.69. The Morgan fingerprint density at radius 3 is 2.52 bits per heavy atom. The first-order chi connectivity index (χ1) is 10.3. The zero-order valence-corrected chi connectivity index (χ0v) is 12.5. The monoisotopic (exact) mass is 276 g/mol. The molecule has 1 aromatic heterocycles. The van der Waals surface area contributed by atoms with Crippen LogP contribution in [0.2, 0.25) is 0 Å². The zero-order valence-electron chi connectivity index (χ0n) is 12.5. The maximum Gasteiger partial charge on any atom is 0.0459 e. The molecule has 3 aromatic rings. The van der Waals surface area contributed by atoms with Crippen LogP contribution in [0, 0.1) is 0 Å². The predicted molar refractivity (Wildman–Crippen MR) is 87.5 cm³/mol. The number of nitrogens with one attached hydrogen (secondary N) is 1. The van der Waals surface area contributed by atoms with E-state index in [9.17, 15) is 0 Å². The summed E-state index contributed by atoms with van der Waals surface area (Å²) in [5.41, 5.74) is 5.50. The fourth-order valence-corrected chi connectivity index (χ4v) is 3.65. The van der Waals surface area contributed by atoms with Crippen molar-refractivity contribution in [1.29, 1.82) is 0 Å². The second-order valence-electron chi connectivity index (χ2n) is 6.11. The summed E-state index contributed by atoms with van der Waals surface area (Å²) in [5, 5.41) is 1.37. The normalized spacial score (nSPS) is 22.4. The standard InChI is InChI=1S/C19H20N2/c1-13-18(14-8-4-3-5-9-14)19-16(12-21(13)2)15-10-6-7-11-17(15)20-19/h3-11,13,18,20H,12H2,1-2H3/t13-,18+/m1/s1. The molecule has 1 aliphatic rings. The Morgan fingerprint density at radius 2 is 1.71 bits per heavy atom. The third-order valence-corrected chi connectivity index (χ3v) is 4.90. The Balaban J connectivity index is 1.96. The molecule has 0 bridgehead atoms. The van der Waals surface area contributed by atoms with Crippen LogP contribution in [0.15, 0.2) is 54.6 Å². The van der Waals surface area contributed by atoms with Gasteiger partial charge in [-0.2, -0.15) is 0 Å². The van der Waals surface area contributed by atoms with Gasteiger partial charge >= 0.3 is 0 Å². The van der Waals surface area contributed by atoms with E-state index in [-0.39, 0.29) is 0 Å². The molecule has 0 fully saturated rings. The average Bonchev–Trinajstić information content (AvgIpc) is 2.87. The van der Waals surface area contributed by atoms with Gasteiger partial charge in [0, 0.05) is 35.1 Å². The number of para-hydroxylation sites is 1. The molecule has 21 heavy (non-hydrogen) atoms. The lowest BCUT2D eigenvalue weighted by atomic mass is 9.83. The van der Waals surface area contributed by atoms with Crippen LogP contribution in [0.3, 0.4) is 0 Å². The van der Waals surface area contributed by atoms with Gasteiger partial charge in [-0.05, 0) is 31.2 Å². The van der Waals surface area contributed by atoms with Gasteiger partial charge in [0.05, 0.1) is 0 Å². The predicted octanol–water partition coefficient (Wildman–Crippen LogP) is 4.13. The SMILES string of the molecule is C[C@@H]1[C@@H](c2ccccc2)c2[nH]c3ccccc3c2CN1C. The van der Waals surface area contributed by atoms with Crippen molar-refractivity contribution in [1.82, 2.24) is 9.88 Å². The van der Waals surface area contributed by atoms with Gasteiger partial charge in [-0.25, -0.2) is 0 Å². The van der Waals surface area contributed by atoms with Crippen molar-refractivity contribution in [3.8, 4) is 0 Å². The fraction of sp³-hybridized carbons (Fsp3) is 0.263. The number of aromatic amines is 1. The van der Waals surface area contributed by atoms with Gasteiger partial charge in [0.15, 0.2) is 0 Å². The molecule has 2 atom stereocenters. The minimum atomic E-state index is 0.410. The van der Waals surface area contributed by atoms with Crippen molar-refractivity contribution in [3.63, 3.8) is 0 Å². The smallest absolute Gasteiger partial charge is 0.0459 e. The number of aromatic nitrogens is 1. The van der Waals surface area contributed by atoms with Gasteiger partial charge in [0.25, 0.3) is 0 Å². The number of likely N-dealkylation sites (N-methyl/N-ethyl adjacent to an activating group) is 1. The Morgan fingerprint density at radius 1 is 1.00 bits per heavy atom. The molecule has 0 saturated carbocycles. The molecule has 0 radical (unpaired) electrons. The fourth-order valence-electron chi connectivity index (χ4n) is 3.65. The summed E-state index contributed by atoms with van der Waals surface area (Å²) in [6, 6.07) is 20.0. The van der Waals surface area contributed by atoms with Crippen LogP contribution in [0.1, 0.15) is 29.7 Å². The van der Waals surface area contributed by atoms with Crippen molar-refractivity contribution < 1.29 is 0 Å². The van der Waals surface area contributed by atoms with E-state index < -0.39 is 0 Å². The van der Waals surface area contributed by atoms with Crippen molar-refractivity contribution in [2.75, 3.05) is 7.05 Å². The summed E-state index contributed by atoms with van der Waals surface area (Å²) in [7, 11) is 2.23. The molecule has 4 rings (SSSR count). The topological polar surface area (TPSA) is 19.0 Å². The molecule has 0 aliphatic carbocycles. The summed E-state index contributed by atoms with van der Waals surface area (Å²) in [4.78, 5) is 6.15. The summed E-state index contributed by atoms with van der Waals surface area (Å²) in [6.45, 7) is 3.34. The minimum Gasteiger partial charge on any atom is -0.358 e. The summed E-state index contributed by atoms with van der Waals surface area (Å²) in [6.07, 6.45) is 0. The highest BCUT2D eigenvalue weighted by Crippen LogP contribution is 2.40. The van der Waals surface area contributed by atoms with Crippen LogP contribution in [-0.4, -0.2) is 23.0 Å². The number of fused-ring (bicyclic) bond motifs is 3. The van der Waals surface area contributed by atoms with E-state index in [2.05, 4.69) is 78.5 Å². The summed E-state index contributed by atoms with van der Waals surface area (Å²) in [5.74, 6) is 0.410. The largest absolute Gasteiger partial charge is 0.358 e. The van der Waals surface area contributed by atoms with Crippen molar-refractivity contribution >= 4 is 10.9 Å². The first-order valence-corrected chi connectivity index (χ1v) is 7.60. The Labute approximate surface area is 125 Å². The molecule has 2 heteroatoms. The van der Waals surface area contributed by atoms with Gasteiger partial charge in [-0.3, -0.25) is 4.90 Å². The van der Waals surface area contributed by atoms with E-state index in [1.54, 1.807) is 0 Å². The molecule has 0 spiro atoms. The van der Waals surface area contributed by atoms with E-state index in [4.69, 9.17) is 0 Å². The van der Waals surface area contributed by atoms with Crippen molar-refractivity contribution in [3.05, 3.63) is 71.4 Å². The van der Waals surface area contributed by atoms with Gasteiger partial charge < -0.3 is 4.98 Å². The van der Waals surface area contributed by atoms with E-state index in [0.29, 0.717) is 12.0 Å². The Hall–Kier alpha value is -2.06. The van der Waals surface area contributed by atoms with Crippen LogP contribution >= 0.6 is 0 Å². The molecule has 1 N–H and O–H groups in total. The number of benzene rings is 2. The van der Waals surface area contributed by atoms with Gasteiger partial charge in [-0.1, -0.05) is 48.5 Å². The van der Waals surface area contributed by atoms with Crippen molar-refractivity contribution in [2.24, 2.45) is 0 Å². The number of nitrogens with zero attached hydrogens (tertiary/aromatic N) is 1. The summed E-state index contributed by atoms with van der Waals surface area (Å²) >= 11 is 0. The molecule has 1 aliphatic heterocycles. The van der Waals surface area contributed by atoms with E-state index >= 15 is 0 Å². The highest BCUT2D eigenvalue weighted by atomic mass is 15.1. The molecule has 0 amide bonds. The van der Waals surface area contributed by atoms with Crippen LogP contribution in [-0.2, 0) is 6.54 Å². The number of H-pyrrole nitrogens is 1. The van der Waals surface area contributed by atoms with E-state index in [0.717, 1.165) is 6.54 Å². The molecule has 2 heterocycles. The lowest BCUT2D eigenvalue weighted by molar-refractivity contribution is 0.211. The quantitative estimate of drug-likeness (QED) is 0.708. The lowest BCUT2D eigenvalue weighted by Gasteiger charge is -2.37. The average molecular weight is 276 g/mol. The van der Waals surface area contributed by atoms with Gasteiger partial charge in [0.1, 0.15) is 0 Å². The van der Waals surface area contributed by atoms with E-state index in [1.807, 2.05) is 0 Å². The molecule has 0 saturated heterocycles. The highest BCUT2D eigenvalue weighted by Gasteiger charge is 2.33. The summed E-state index contributed by atoms with van der Waals surface area (Å²) < 4.78 is 0. The third kappa shape index (κ3) is 1.90. The van der Waals surface area contributed by atoms with E-state index in [1.165, 1.54) is 27.7 Å². The molecule has 2 nitrogen and oxygen atoms in total. The third-order valence-electron chi connectivity index (χ3n) is 4.90. The van der Waals surface area contributed by atoms with Gasteiger partial charge in [0.2, 0.25) is 0 Å². The molecule has 0 unspecified atom stereocenters. The molecule has 106 valence electrons. The lowest BCUT2D eigenvalue weighted by Crippen LogP contribution is -2.39. The van der Waals surface area contributed by atoms with Crippen LogP contribution in [0.25, 0.3) is 10.9 Å². The number of hydrogen-bond acceptors (Lipinski definition) is 1. The molecular formula is C19H20N2. The number of rotatable bonds is 1. The molecule has 2 aromatic carbocycles. The van der Waals surface area contributed by atoms with Crippen LogP contribution in [0.4, 0.5) is 0 Å². The number of hydrogen-bond donors (Lipinski definition) is 1. The first kappa shape index (κ1) is 12.7. The first-order valence-electron chi connectivity index (χ1n) is 7.60. The Bertz CT molecular complexity index is 773. The second kappa shape index (κ2) is 4.74. The van der Waals surface area contributed by atoms with Gasteiger partial charge in [-0.15, -0.1) is 0 Å². The van der Waals surface area contributed by atoms with Crippen molar-refractivity contribution in [2.45, 2.75) is 25.4 Å².